The smallest absolute Gasteiger partial charge is 0.335 e. The zero-order chi connectivity index (χ0) is 13.9. The van der Waals surface area contributed by atoms with E-state index in [0.717, 1.165) is 6.42 Å². The minimum atomic E-state index is -0.959. The van der Waals surface area contributed by atoms with Crippen molar-refractivity contribution in [1.29, 1.82) is 0 Å². The molecule has 2 rings (SSSR count). The molecule has 104 valence electrons. The average molecular weight is 266 g/mol. The van der Waals surface area contributed by atoms with Gasteiger partial charge < -0.3 is 19.9 Å². The summed E-state index contributed by atoms with van der Waals surface area (Å²) in [6.07, 6.45) is 0.814. The number of nitrogens with zero attached hydrogens (tertiary/aromatic N) is 1. The number of ether oxygens (including phenoxy) is 2. The second-order valence-electron chi connectivity index (χ2n) is 4.73. The minimum Gasteiger partial charge on any atom is -0.478 e. The Kier molecular flexibility index (Phi) is 4.01. The SMILES string of the molecule is COC1(CNc2cc(C(=O)O)cc(C)n2)CCOC1. The fourth-order valence-corrected chi connectivity index (χ4v) is 2.10. The number of aromatic nitrogens is 1. The highest BCUT2D eigenvalue weighted by molar-refractivity contribution is 5.88. The summed E-state index contributed by atoms with van der Waals surface area (Å²) in [5.41, 5.74) is 0.537. The molecule has 0 aliphatic carbocycles. The maximum Gasteiger partial charge on any atom is 0.335 e. The summed E-state index contributed by atoms with van der Waals surface area (Å²) in [5.74, 6) is -0.417. The molecular formula is C13H18N2O4. The Morgan fingerprint density at radius 2 is 2.42 bits per heavy atom. The topological polar surface area (TPSA) is 80.7 Å². The van der Waals surface area contributed by atoms with E-state index < -0.39 is 5.97 Å². The Labute approximate surface area is 111 Å². The van der Waals surface area contributed by atoms with Crippen LogP contribution in [0.4, 0.5) is 5.82 Å². The molecule has 0 aromatic carbocycles. The highest BCUT2D eigenvalue weighted by Crippen LogP contribution is 2.23. The van der Waals surface area contributed by atoms with Gasteiger partial charge in [0, 0.05) is 32.4 Å². The molecule has 2 heterocycles. The Bertz CT molecular complexity index is 470. The lowest BCUT2D eigenvalue weighted by Crippen LogP contribution is -2.39. The van der Waals surface area contributed by atoms with Crippen molar-refractivity contribution in [2.24, 2.45) is 0 Å². The number of carboxylic acids is 1. The third-order valence-corrected chi connectivity index (χ3v) is 3.29. The predicted molar refractivity (Wildman–Crippen MR) is 69.6 cm³/mol. The van der Waals surface area contributed by atoms with Crippen LogP contribution in [0.1, 0.15) is 22.5 Å². The van der Waals surface area contributed by atoms with Crippen LogP contribution in [0.15, 0.2) is 12.1 Å². The van der Waals surface area contributed by atoms with Gasteiger partial charge in [0.05, 0.1) is 12.2 Å². The average Bonchev–Trinajstić information content (AvgIpc) is 2.85. The van der Waals surface area contributed by atoms with Crippen LogP contribution >= 0.6 is 0 Å². The Balaban J connectivity index is 2.08. The van der Waals surface area contributed by atoms with E-state index in [1.165, 1.54) is 12.1 Å². The number of hydrogen-bond donors (Lipinski definition) is 2. The van der Waals surface area contributed by atoms with Crippen LogP contribution in [0, 0.1) is 6.92 Å². The lowest BCUT2D eigenvalue weighted by atomic mass is 10.0. The Hall–Kier alpha value is -1.66. The molecule has 0 radical (unpaired) electrons. The second-order valence-corrected chi connectivity index (χ2v) is 4.73. The molecule has 1 fully saturated rings. The van der Waals surface area contributed by atoms with Gasteiger partial charge in [0.25, 0.3) is 0 Å². The van der Waals surface area contributed by atoms with E-state index in [1.807, 2.05) is 0 Å². The van der Waals surface area contributed by atoms with E-state index >= 15 is 0 Å². The molecule has 0 saturated carbocycles. The molecule has 1 saturated heterocycles. The molecule has 19 heavy (non-hydrogen) atoms. The summed E-state index contributed by atoms with van der Waals surface area (Å²) in [7, 11) is 1.66. The largest absolute Gasteiger partial charge is 0.478 e. The second kappa shape index (κ2) is 5.54. The number of anilines is 1. The van der Waals surface area contributed by atoms with E-state index in [1.54, 1.807) is 14.0 Å². The summed E-state index contributed by atoms with van der Waals surface area (Å²) < 4.78 is 10.8. The molecule has 2 N–H and O–H groups in total. The number of aromatic carboxylic acids is 1. The first kappa shape index (κ1) is 13.8. The van der Waals surface area contributed by atoms with Crippen LogP contribution in [0.25, 0.3) is 0 Å². The lowest BCUT2D eigenvalue weighted by molar-refractivity contribution is -0.00625. The molecule has 1 aliphatic heterocycles. The maximum atomic E-state index is 11.0. The summed E-state index contributed by atoms with van der Waals surface area (Å²) in [4.78, 5) is 15.3. The van der Waals surface area contributed by atoms with Crippen molar-refractivity contribution in [3.63, 3.8) is 0 Å². The van der Waals surface area contributed by atoms with Crippen LogP contribution in [0.5, 0.6) is 0 Å². The summed E-state index contributed by atoms with van der Waals surface area (Å²) in [6.45, 7) is 3.52. The summed E-state index contributed by atoms with van der Waals surface area (Å²) in [5, 5.41) is 12.1. The number of rotatable bonds is 5. The lowest BCUT2D eigenvalue weighted by Gasteiger charge is -2.26. The van der Waals surface area contributed by atoms with Crippen molar-refractivity contribution in [2.75, 3.05) is 32.2 Å². The molecule has 0 bridgehead atoms. The summed E-state index contributed by atoms with van der Waals surface area (Å²) >= 11 is 0. The first-order valence-corrected chi connectivity index (χ1v) is 6.13. The predicted octanol–water partition coefficient (Wildman–Crippen LogP) is 1.31. The number of methoxy groups -OCH3 is 1. The van der Waals surface area contributed by atoms with Crippen LogP contribution in [0.2, 0.25) is 0 Å². The highest BCUT2D eigenvalue weighted by Gasteiger charge is 2.34. The third kappa shape index (κ3) is 3.21. The number of carboxylic acid groups (broad SMARTS) is 1. The van der Waals surface area contributed by atoms with Gasteiger partial charge in [-0.25, -0.2) is 9.78 Å². The summed E-state index contributed by atoms with van der Waals surface area (Å²) in [6, 6.07) is 3.06. The molecule has 6 heteroatoms. The van der Waals surface area contributed by atoms with Crippen molar-refractivity contribution in [2.45, 2.75) is 18.9 Å². The third-order valence-electron chi connectivity index (χ3n) is 3.29. The molecule has 6 nitrogen and oxygen atoms in total. The molecule has 1 aromatic rings. The van der Waals surface area contributed by atoms with E-state index in [0.29, 0.717) is 31.3 Å². The number of pyridine rings is 1. The van der Waals surface area contributed by atoms with Gasteiger partial charge in [-0.15, -0.1) is 0 Å². The van der Waals surface area contributed by atoms with Crippen LogP contribution in [-0.4, -0.2) is 48.5 Å². The van der Waals surface area contributed by atoms with Crippen molar-refractivity contribution < 1.29 is 19.4 Å². The van der Waals surface area contributed by atoms with Gasteiger partial charge in [0.2, 0.25) is 0 Å². The first-order valence-electron chi connectivity index (χ1n) is 6.13. The standard InChI is InChI=1S/C13H18N2O4/c1-9-5-10(12(16)17)6-11(15-9)14-7-13(18-2)3-4-19-8-13/h5-6H,3-4,7-8H2,1-2H3,(H,14,15)(H,16,17). The Morgan fingerprint density at radius 3 is 3.00 bits per heavy atom. The maximum absolute atomic E-state index is 11.0. The molecule has 1 unspecified atom stereocenters. The van der Waals surface area contributed by atoms with Crippen LogP contribution in [0.3, 0.4) is 0 Å². The monoisotopic (exact) mass is 266 g/mol. The van der Waals surface area contributed by atoms with Crippen LogP contribution < -0.4 is 5.32 Å². The zero-order valence-electron chi connectivity index (χ0n) is 11.1. The number of aryl methyl sites for hydroxylation is 1. The highest BCUT2D eigenvalue weighted by atomic mass is 16.5. The van der Waals surface area contributed by atoms with Crippen molar-refractivity contribution in [3.8, 4) is 0 Å². The van der Waals surface area contributed by atoms with Gasteiger partial charge >= 0.3 is 5.97 Å². The number of hydrogen-bond acceptors (Lipinski definition) is 5. The molecule has 1 aliphatic rings. The number of nitrogens with one attached hydrogen (secondary N) is 1. The molecule has 1 aromatic heterocycles. The van der Waals surface area contributed by atoms with Gasteiger partial charge in [0.15, 0.2) is 0 Å². The minimum absolute atomic E-state index is 0.226. The first-order chi connectivity index (χ1) is 9.04. The van der Waals surface area contributed by atoms with Gasteiger partial charge in [-0.2, -0.15) is 0 Å². The van der Waals surface area contributed by atoms with E-state index in [2.05, 4.69) is 10.3 Å². The zero-order valence-corrected chi connectivity index (χ0v) is 11.1. The molecule has 1 atom stereocenters. The molecule has 0 amide bonds. The fourth-order valence-electron chi connectivity index (χ4n) is 2.10. The van der Waals surface area contributed by atoms with E-state index in [9.17, 15) is 4.79 Å². The fraction of sp³-hybridized carbons (Fsp3) is 0.538. The Morgan fingerprint density at radius 1 is 1.63 bits per heavy atom. The van der Waals surface area contributed by atoms with Crippen molar-refractivity contribution in [3.05, 3.63) is 23.4 Å². The molecule has 0 spiro atoms. The van der Waals surface area contributed by atoms with Crippen molar-refractivity contribution >= 4 is 11.8 Å². The van der Waals surface area contributed by atoms with E-state index in [4.69, 9.17) is 14.6 Å². The quantitative estimate of drug-likeness (QED) is 0.836. The van der Waals surface area contributed by atoms with Crippen LogP contribution in [-0.2, 0) is 9.47 Å². The van der Waals surface area contributed by atoms with Gasteiger partial charge in [-0.05, 0) is 19.1 Å². The number of carbonyl (C=O) groups is 1. The van der Waals surface area contributed by atoms with Gasteiger partial charge in [-0.1, -0.05) is 0 Å². The van der Waals surface area contributed by atoms with Crippen molar-refractivity contribution in [1.82, 2.24) is 4.98 Å². The molecular weight excluding hydrogens is 248 g/mol. The van der Waals surface area contributed by atoms with Gasteiger partial charge in [-0.3, -0.25) is 0 Å². The van der Waals surface area contributed by atoms with E-state index in [-0.39, 0.29) is 11.2 Å². The van der Waals surface area contributed by atoms with Gasteiger partial charge in [0.1, 0.15) is 11.4 Å². The normalized spacial score (nSPS) is 22.4.